The standard InChI is InChI=1S/C25H28N4O/c30-25(23-12-17-28(18-13-23)24-19-26-14-15-27-24)29(20-22-9-5-2-6-10-22)16-11-21-7-3-1-4-8-21/h1-10,14-15,19,23H,11-13,16-18,20H2. The van der Waals surface area contributed by atoms with Crippen LogP contribution in [0.15, 0.2) is 79.3 Å². The highest BCUT2D eigenvalue weighted by molar-refractivity contribution is 5.79. The molecule has 0 atom stereocenters. The zero-order valence-corrected chi connectivity index (χ0v) is 17.2. The summed E-state index contributed by atoms with van der Waals surface area (Å²) in [6.45, 7) is 3.08. The molecule has 1 amide bonds. The van der Waals surface area contributed by atoms with Crippen LogP contribution in [0.1, 0.15) is 24.0 Å². The minimum atomic E-state index is 0.0670. The van der Waals surface area contributed by atoms with Crippen LogP contribution in [0.2, 0.25) is 0 Å². The van der Waals surface area contributed by atoms with Gasteiger partial charge in [-0.1, -0.05) is 60.7 Å². The van der Waals surface area contributed by atoms with Crippen molar-refractivity contribution in [2.75, 3.05) is 24.5 Å². The van der Waals surface area contributed by atoms with Gasteiger partial charge < -0.3 is 9.80 Å². The highest BCUT2D eigenvalue weighted by Gasteiger charge is 2.29. The van der Waals surface area contributed by atoms with Gasteiger partial charge in [0.15, 0.2) is 0 Å². The third kappa shape index (κ3) is 5.23. The van der Waals surface area contributed by atoms with Gasteiger partial charge in [0.1, 0.15) is 5.82 Å². The zero-order chi connectivity index (χ0) is 20.6. The van der Waals surface area contributed by atoms with E-state index >= 15 is 0 Å². The molecule has 3 aromatic rings. The minimum Gasteiger partial charge on any atom is -0.355 e. The first-order valence-electron chi connectivity index (χ1n) is 10.7. The molecule has 2 aromatic carbocycles. The first-order chi connectivity index (χ1) is 14.8. The van der Waals surface area contributed by atoms with Gasteiger partial charge in [0.05, 0.1) is 6.20 Å². The molecule has 0 spiro atoms. The van der Waals surface area contributed by atoms with Gasteiger partial charge in [0.25, 0.3) is 0 Å². The molecule has 1 aliphatic rings. The van der Waals surface area contributed by atoms with E-state index in [9.17, 15) is 4.79 Å². The van der Waals surface area contributed by atoms with Crippen molar-refractivity contribution in [3.05, 3.63) is 90.4 Å². The van der Waals surface area contributed by atoms with Gasteiger partial charge in [-0.2, -0.15) is 0 Å². The summed E-state index contributed by atoms with van der Waals surface area (Å²) >= 11 is 0. The van der Waals surface area contributed by atoms with E-state index in [1.165, 1.54) is 11.1 Å². The lowest BCUT2D eigenvalue weighted by Crippen LogP contribution is -2.43. The number of carbonyl (C=O) groups excluding carboxylic acids is 1. The van der Waals surface area contributed by atoms with E-state index in [0.717, 1.165) is 44.7 Å². The van der Waals surface area contributed by atoms with E-state index in [2.05, 4.69) is 51.3 Å². The Bertz CT molecular complexity index is 910. The average molecular weight is 401 g/mol. The Morgan fingerprint density at radius 3 is 2.23 bits per heavy atom. The van der Waals surface area contributed by atoms with Crippen LogP contribution in [0, 0.1) is 5.92 Å². The van der Waals surface area contributed by atoms with Crippen LogP contribution in [-0.4, -0.2) is 40.4 Å². The number of rotatable bonds is 7. The van der Waals surface area contributed by atoms with Gasteiger partial charge in [0, 0.05) is 44.5 Å². The first kappa shape index (κ1) is 20.1. The molecule has 30 heavy (non-hydrogen) atoms. The topological polar surface area (TPSA) is 49.3 Å². The van der Waals surface area contributed by atoms with Crippen LogP contribution in [-0.2, 0) is 17.8 Å². The van der Waals surface area contributed by atoms with Crippen LogP contribution in [0.5, 0.6) is 0 Å². The van der Waals surface area contributed by atoms with Gasteiger partial charge in [-0.3, -0.25) is 9.78 Å². The Morgan fingerprint density at radius 2 is 1.60 bits per heavy atom. The predicted octanol–water partition coefficient (Wildman–Crippen LogP) is 3.96. The van der Waals surface area contributed by atoms with Gasteiger partial charge in [0.2, 0.25) is 5.91 Å². The SMILES string of the molecule is O=C(C1CCN(c2cnccn2)CC1)N(CCc1ccccc1)Cc1ccccc1. The molecular formula is C25H28N4O. The molecule has 1 fully saturated rings. The molecule has 0 radical (unpaired) electrons. The number of nitrogens with zero attached hydrogens (tertiary/aromatic N) is 4. The Hall–Kier alpha value is -3.21. The maximum atomic E-state index is 13.4. The molecule has 0 saturated carbocycles. The number of piperidine rings is 1. The first-order valence-corrected chi connectivity index (χ1v) is 10.7. The normalized spacial score (nSPS) is 14.5. The van der Waals surface area contributed by atoms with Crippen molar-refractivity contribution in [2.45, 2.75) is 25.8 Å². The fourth-order valence-electron chi connectivity index (χ4n) is 4.05. The monoisotopic (exact) mass is 400 g/mol. The summed E-state index contributed by atoms with van der Waals surface area (Å²) < 4.78 is 0. The summed E-state index contributed by atoms with van der Waals surface area (Å²) in [5, 5.41) is 0. The highest BCUT2D eigenvalue weighted by Crippen LogP contribution is 2.24. The number of anilines is 1. The van der Waals surface area contributed by atoms with Gasteiger partial charge in [-0.15, -0.1) is 0 Å². The quantitative estimate of drug-likeness (QED) is 0.602. The van der Waals surface area contributed by atoms with Crippen molar-refractivity contribution in [2.24, 2.45) is 5.92 Å². The molecule has 0 N–H and O–H groups in total. The number of aromatic nitrogens is 2. The molecule has 0 unspecified atom stereocenters. The van der Waals surface area contributed by atoms with Crippen molar-refractivity contribution in [1.82, 2.24) is 14.9 Å². The molecule has 1 aliphatic heterocycles. The predicted molar refractivity (Wildman–Crippen MR) is 119 cm³/mol. The second-order valence-electron chi connectivity index (χ2n) is 7.81. The molecule has 154 valence electrons. The lowest BCUT2D eigenvalue weighted by Gasteiger charge is -2.34. The lowest BCUT2D eigenvalue weighted by molar-refractivity contribution is -0.136. The van der Waals surface area contributed by atoms with Crippen LogP contribution in [0.3, 0.4) is 0 Å². The van der Waals surface area contributed by atoms with E-state index < -0.39 is 0 Å². The second-order valence-corrected chi connectivity index (χ2v) is 7.81. The van der Waals surface area contributed by atoms with Crippen LogP contribution < -0.4 is 4.90 Å². The molecule has 0 aliphatic carbocycles. The Balaban J connectivity index is 1.41. The fourth-order valence-corrected chi connectivity index (χ4v) is 4.05. The van der Waals surface area contributed by atoms with Crippen molar-refractivity contribution >= 4 is 11.7 Å². The molecule has 4 rings (SSSR count). The maximum Gasteiger partial charge on any atom is 0.226 e. The number of amides is 1. The summed E-state index contributed by atoms with van der Waals surface area (Å²) in [6.07, 6.45) is 7.78. The van der Waals surface area contributed by atoms with Crippen molar-refractivity contribution < 1.29 is 4.79 Å². The summed E-state index contributed by atoms with van der Waals surface area (Å²) in [5.74, 6) is 1.24. The number of hydrogen-bond acceptors (Lipinski definition) is 4. The Kier molecular flexibility index (Phi) is 6.70. The molecule has 2 heterocycles. The number of carbonyl (C=O) groups is 1. The summed E-state index contributed by atoms with van der Waals surface area (Å²) in [6, 6.07) is 20.7. The largest absolute Gasteiger partial charge is 0.355 e. The highest BCUT2D eigenvalue weighted by atomic mass is 16.2. The minimum absolute atomic E-state index is 0.0670. The zero-order valence-electron chi connectivity index (χ0n) is 17.2. The Morgan fingerprint density at radius 1 is 0.933 bits per heavy atom. The van der Waals surface area contributed by atoms with E-state index in [4.69, 9.17) is 0 Å². The third-order valence-electron chi connectivity index (χ3n) is 5.76. The van der Waals surface area contributed by atoms with E-state index in [1.54, 1.807) is 18.6 Å². The molecule has 5 heteroatoms. The Labute approximate surface area is 178 Å². The third-order valence-corrected chi connectivity index (χ3v) is 5.76. The number of hydrogen-bond donors (Lipinski definition) is 0. The maximum absolute atomic E-state index is 13.4. The smallest absolute Gasteiger partial charge is 0.226 e. The fraction of sp³-hybridized carbons (Fsp3) is 0.320. The molecular weight excluding hydrogens is 372 g/mol. The van der Waals surface area contributed by atoms with Gasteiger partial charge >= 0.3 is 0 Å². The average Bonchev–Trinajstić information content (AvgIpc) is 2.83. The van der Waals surface area contributed by atoms with Gasteiger partial charge in [-0.05, 0) is 30.4 Å². The summed E-state index contributed by atoms with van der Waals surface area (Å²) in [5.41, 5.74) is 2.44. The van der Waals surface area contributed by atoms with Gasteiger partial charge in [-0.25, -0.2) is 4.98 Å². The molecule has 1 saturated heterocycles. The lowest BCUT2D eigenvalue weighted by atomic mass is 9.94. The van der Waals surface area contributed by atoms with E-state index in [-0.39, 0.29) is 11.8 Å². The van der Waals surface area contributed by atoms with Crippen molar-refractivity contribution in [1.29, 1.82) is 0 Å². The van der Waals surface area contributed by atoms with E-state index in [1.807, 2.05) is 29.2 Å². The van der Waals surface area contributed by atoms with Crippen LogP contribution in [0.25, 0.3) is 0 Å². The molecule has 5 nitrogen and oxygen atoms in total. The van der Waals surface area contributed by atoms with Crippen LogP contribution >= 0.6 is 0 Å². The second kappa shape index (κ2) is 10.0. The van der Waals surface area contributed by atoms with Crippen LogP contribution in [0.4, 0.5) is 5.82 Å². The summed E-state index contributed by atoms with van der Waals surface area (Å²) in [7, 11) is 0. The molecule has 1 aromatic heterocycles. The van der Waals surface area contributed by atoms with Crippen molar-refractivity contribution in [3.8, 4) is 0 Å². The van der Waals surface area contributed by atoms with E-state index in [0.29, 0.717) is 6.54 Å². The number of benzene rings is 2. The van der Waals surface area contributed by atoms with Crippen molar-refractivity contribution in [3.63, 3.8) is 0 Å². The summed E-state index contributed by atoms with van der Waals surface area (Å²) in [4.78, 5) is 26.3. The molecule has 0 bridgehead atoms.